The molecule has 1 aromatic heterocycles. The maximum absolute atomic E-state index is 12.4. The quantitative estimate of drug-likeness (QED) is 0.930. The van der Waals surface area contributed by atoms with Gasteiger partial charge in [-0.1, -0.05) is 23.7 Å². The van der Waals surface area contributed by atoms with Crippen LogP contribution in [0.4, 0.5) is 0 Å². The Hall–Kier alpha value is -2.01. The topological polar surface area (TPSA) is 64.4 Å². The van der Waals surface area contributed by atoms with Crippen LogP contribution in [0.1, 0.15) is 47.2 Å². The van der Waals surface area contributed by atoms with Gasteiger partial charge < -0.3 is 14.5 Å². The first-order chi connectivity index (χ1) is 11.2. The molecule has 120 valence electrons. The number of aromatic nitrogens is 1. The number of ether oxygens (including phenoxy) is 1. The molecular formula is C17H17ClN2O3. The second kappa shape index (κ2) is 5.89. The molecule has 2 aromatic rings. The Bertz CT molecular complexity index is 739. The predicted octanol–water partition coefficient (Wildman–Crippen LogP) is 3.53. The van der Waals surface area contributed by atoms with Crippen LogP contribution < -0.4 is 10.1 Å². The monoisotopic (exact) mass is 332 g/mol. The zero-order valence-electron chi connectivity index (χ0n) is 12.5. The van der Waals surface area contributed by atoms with Gasteiger partial charge in [-0.15, -0.1) is 0 Å². The molecule has 2 aliphatic rings. The molecule has 1 atom stereocenters. The molecule has 0 bridgehead atoms. The molecule has 0 unspecified atom stereocenters. The second-order valence-corrected chi connectivity index (χ2v) is 6.50. The molecule has 0 radical (unpaired) electrons. The lowest BCUT2D eigenvalue weighted by Crippen LogP contribution is -2.32. The average Bonchev–Trinajstić information content (AvgIpc) is 3.23. The Balaban J connectivity index is 1.49. The maximum atomic E-state index is 12.4. The Kier molecular flexibility index (Phi) is 3.73. The average molecular weight is 333 g/mol. The van der Waals surface area contributed by atoms with Crippen molar-refractivity contribution in [1.29, 1.82) is 0 Å². The number of carbonyl (C=O) groups excluding carboxylic acids is 1. The fraction of sp³-hybridized carbons (Fsp3) is 0.412. The van der Waals surface area contributed by atoms with Crippen LogP contribution in [-0.4, -0.2) is 17.5 Å². The molecular weight excluding hydrogens is 316 g/mol. The van der Waals surface area contributed by atoms with Gasteiger partial charge in [-0.3, -0.25) is 4.79 Å². The normalized spacial score (nSPS) is 19.8. The third-order valence-electron chi connectivity index (χ3n) is 4.28. The summed E-state index contributed by atoms with van der Waals surface area (Å²) in [6.45, 7) is 0.521. The number of hydrogen-bond donors (Lipinski definition) is 1. The van der Waals surface area contributed by atoms with E-state index in [9.17, 15) is 4.79 Å². The summed E-state index contributed by atoms with van der Waals surface area (Å²) in [5.74, 6) is 1.75. The number of nitrogens with one attached hydrogen (secondary N) is 1. The van der Waals surface area contributed by atoms with Gasteiger partial charge in [0.15, 0.2) is 11.6 Å². The highest BCUT2D eigenvalue weighted by Crippen LogP contribution is 2.37. The zero-order valence-corrected chi connectivity index (χ0v) is 13.3. The van der Waals surface area contributed by atoms with Crippen molar-refractivity contribution in [3.63, 3.8) is 0 Å². The molecule has 1 amide bonds. The minimum Gasteiger partial charge on any atom is -0.492 e. The van der Waals surface area contributed by atoms with Crippen molar-refractivity contribution < 1.29 is 13.9 Å². The third-order valence-corrected chi connectivity index (χ3v) is 4.57. The number of oxazole rings is 1. The minimum absolute atomic E-state index is 0.131. The molecule has 0 spiro atoms. The molecule has 6 heteroatoms. The first-order valence-electron chi connectivity index (χ1n) is 7.87. The van der Waals surface area contributed by atoms with E-state index in [0.717, 1.165) is 12.0 Å². The van der Waals surface area contributed by atoms with E-state index < -0.39 is 0 Å². The summed E-state index contributed by atoms with van der Waals surface area (Å²) >= 11 is 6.15. The van der Waals surface area contributed by atoms with Crippen LogP contribution in [0.5, 0.6) is 5.75 Å². The molecule has 4 rings (SSSR count). The number of benzene rings is 1. The molecule has 0 saturated heterocycles. The molecule has 2 heterocycles. The lowest BCUT2D eigenvalue weighted by atomic mass is 10.0. The second-order valence-electron chi connectivity index (χ2n) is 6.10. The van der Waals surface area contributed by atoms with E-state index in [4.69, 9.17) is 20.8 Å². The van der Waals surface area contributed by atoms with Crippen LogP contribution in [-0.2, 0) is 6.42 Å². The van der Waals surface area contributed by atoms with Crippen LogP contribution in [0, 0.1) is 5.92 Å². The summed E-state index contributed by atoms with van der Waals surface area (Å²) in [5, 5.41) is 3.57. The number of nitrogens with zero attached hydrogens (tertiary/aromatic N) is 1. The minimum atomic E-state index is -0.228. The van der Waals surface area contributed by atoms with Crippen molar-refractivity contribution in [2.24, 2.45) is 5.92 Å². The van der Waals surface area contributed by atoms with Gasteiger partial charge in [0, 0.05) is 18.4 Å². The Labute approximate surface area is 139 Å². The van der Waals surface area contributed by atoms with Crippen molar-refractivity contribution >= 4 is 17.5 Å². The smallest absolute Gasteiger partial charge is 0.273 e. The van der Waals surface area contributed by atoms with Crippen LogP contribution in [0.2, 0.25) is 5.02 Å². The predicted molar refractivity (Wildman–Crippen MR) is 84.7 cm³/mol. The van der Waals surface area contributed by atoms with Gasteiger partial charge in [-0.2, -0.15) is 0 Å². The molecule has 1 saturated carbocycles. The van der Waals surface area contributed by atoms with Crippen LogP contribution >= 0.6 is 11.6 Å². The van der Waals surface area contributed by atoms with Gasteiger partial charge in [0.1, 0.15) is 12.0 Å². The number of hydrogen-bond acceptors (Lipinski definition) is 4. The maximum Gasteiger partial charge on any atom is 0.273 e. The lowest BCUT2D eigenvalue weighted by molar-refractivity contribution is 0.0919. The number of para-hydroxylation sites is 1. The Morgan fingerprint density at radius 3 is 3.04 bits per heavy atom. The molecule has 23 heavy (non-hydrogen) atoms. The number of rotatable bonds is 4. The number of carbonyl (C=O) groups is 1. The van der Waals surface area contributed by atoms with Gasteiger partial charge in [-0.05, 0) is 24.8 Å². The summed E-state index contributed by atoms with van der Waals surface area (Å²) in [6, 6.07) is 5.44. The van der Waals surface area contributed by atoms with Crippen LogP contribution in [0.15, 0.2) is 28.9 Å². The first-order valence-corrected chi connectivity index (χ1v) is 8.25. The fourth-order valence-corrected chi connectivity index (χ4v) is 3.08. The van der Waals surface area contributed by atoms with Gasteiger partial charge in [-0.25, -0.2) is 4.98 Å². The van der Waals surface area contributed by atoms with E-state index >= 15 is 0 Å². The highest BCUT2D eigenvalue weighted by Gasteiger charge is 2.27. The number of amides is 1. The molecule has 5 nitrogen and oxygen atoms in total. The van der Waals surface area contributed by atoms with Crippen molar-refractivity contribution in [3.8, 4) is 5.75 Å². The largest absolute Gasteiger partial charge is 0.492 e. The standard InChI is InChI=1S/C17H17ClN2O3/c18-12-3-1-2-11-13(6-7-22-16(11)12)20-17(21)14-9-23-15(19-14)8-10-4-5-10/h1-3,9-10,13H,4-8H2,(H,20,21)/t13-/m1/s1. The van der Waals surface area contributed by atoms with E-state index in [0.29, 0.717) is 41.3 Å². The summed E-state index contributed by atoms with van der Waals surface area (Å²) in [6.07, 6.45) is 5.41. The zero-order chi connectivity index (χ0) is 15.8. The Morgan fingerprint density at radius 2 is 2.22 bits per heavy atom. The highest BCUT2D eigenvalue weighted by molar-refractivity contribution is 6.32. The molecule has 1 aromatic carbocycles. The molecule has 1 fully saturated rings. The van der Waals surface area contributed by atoms with Crippen molar-refractivity contribution in [2.45, 2.75) is 31.7 Å². The third kappa shape index (κ3) is 3.06. The summed E-state index contributed by atoms with van der Waals surface area (Å²) in [5.41, 5.74) is 1.23. The summed E-state index contributed by atoms with van der Waals surface area (Å²) in [7, 11) is 0. The van der Waals surface area contributed by atoms with Crippen molar-refractivity contribution in [3.05, 3.63) is 46.6 Å². The number of fused-ring (bicyclic) bond motifs is 1. The van der Waals surface area contributed by atoms with E-state index in [-0.39, 0.29) is 11.9 Å². The van der Waals surface area contributed by atoms with Gasteiger partial charge >= 0.3 is 0 Å². The van der Waals surface area contributed by atoms with E-state index in [2.05, 4.69) is 10.3 Å². The van der Waals surface area contributed by atoms with Gasteiger partial charge in [0.05, 0.1) is 17.7 Å². The first kappa shape index (κ1) is 14.6. The summed E-state index contributed by atoms with van der Waals surface area (Å²) in [4.78, 5) is 16.7. The van der Waals surface area contributed by atoms with Gasteiger partial charge in [0.2, 0.25) is 0 Å². The van der Waals surface area contributed by atoms with E-state index in [1.807, 2.05) is 12.1 Å². The molecule has 1 aliphatic carbocycles. The SMILES string of the molecule is O=C(N[C@@H]1CCOc2c(Cl)cccc21)c1coc(CC2CC2)n1. The fourth-order valence-electron chi connectivity index (χ4n) is 2.85. The molecule has 1 N–H and O–H groups in total. The van der Waals surface area contributed by atoms with Gasteiger partial charge in [0.25, 0.3) is 5.91 Å². The Morgan fingerprint density at radius 1 is 1.35 bits per heavy atom. The number of halogens is 1. The van der Waals surface area contributed by atoms with Crippen molar-refractivity contribution in [2.75, 3.05) is 6.61 Å². The van der Waals surface area contributed by atoms with Crippen LogP contribution in [0.25, 0.3) is 0 Å². The van der Waals surface area contributed by atoms with E-state index in [1.165, 1.54) is 19.1 Å². The van der Waals surface area contributed by atoms with Crippen molar-refractivity contribution in [1.82, 2.24) is 10.3 Å². The highest BCUT2D eigenvalue weighted by atomic mass is 35.5. The van der Waals surface area contributed by atoms with E-state index in [1.54, 1.807) is 6.07 Å². The van der Waals surface area contributed by atoms with Crippen LogP contribution in [0.3, 0.4) is 0 Å². The summed E-state index contributed by atoms with van der Waals surface area (Å²) < 4.78 is 11.0. The lowest BCUT2D eigenvalue weighted by Gasteiger charge is -2.27. The molecule has 1 aliphatic heterocycles.